The quantitative estimate of drug-likeness (QED) is 0.772. The largest absolute Gasteiger partial charge is 0.280 e. The van der Waals surface area contributed by atoms with E-state index in [1.165, 1.54) is 36.4 Å². The molecule has 0 spiro atoms. The third kappa shape index (κ3) is 4.39. The molecule has 2 N–H and O–H groups in total. The van der Waals surface area contributed by atoms with E-state index in [0.717, 1.165) is 24.8 Å². The third-order valence-electron chi connectivity index (χ3n) is 3.94. The fourth-order valence-electron chi connectivity index (χ4n) is 2.33. The summed E-state index contributed by atoms with van der Waals surface area (Å²) in [7, 11) is -7.41. The van der Waals surface area contributed by atoms with Gasteiger partial charge in [0.05, 0.1) is 15.5 Å². The first-order chi connectivity index (χ1) is 11.8. The van der Waals surface area contributed by atoms with Crippen molar-refractivity contribution in [2.75, 3.05) is 4.72 Å². The molecule has 0 amide bonds. The Morgan fingerprint density at radius 2 is 1.60 bits per heavy atom. The number of sulfonamides is 2. The van der Waals surface area contributed by atoms with E-state index < -0.39 is 20.0 Å². The highest BCUT2D eigenvalue weighted by Crippen LogP contribution is 2.24. The summed E-state index contributed by atoms with van der Waals surface area (Å²) in [6, 6.07) is 12.4. The number of nitrogens with one attached hydrogen (secondary N) is 2. The molecular weight excluding hydrogens is 360 g/mol. The highest BCUT2D eigenvalue weighted by Gasteiger charge is 2.28. The predicted octanol–water partition coefficient (Wildman–Crippen LogP) is 2.49. The van der Waals surface area contributed by atoms with Gasteiger partial charge in [0.1, 0.15) is 0 Å². The summed E-state index contributed by atoms with van der Waals surface area (Å²) in [5.74, 6) is 0. The lowest BCUT2D eigenvalue weighted by atomic mass is 10.2. The van der Waals surface area contributed by atoms with E-state index in [-0.39, 0.29) is 21.5 Å². The molecule has 1 saturated carbocycles. The van der Waals surface area contributed by atoms with Crippen LogP contribution in [0, 0.1) is 0 Å². The van der Waals surface area contributed by atoms with E-state index >= 15 is 0 Å². The van der Waals surface area contributed by atoms with Crippen LogP contribution in [0.15, 0.2) is 58.3 Å². The van der Waals surface area contributed by atoms with Crippen LogP contribution in [0.2, 0.25) is 0 Å². The molecule has 0 atom stereocenters. The Hall–Kier alpha value is -1.90. The standard InChI is InChI=1S/C17H20N2O4S2/c1-2-13-6-10-16(11-7-13)24(20,21)19-15-4-3-5-17(12-15)25(22,23)18-14-8-9-14/h3-7,10-12,14,18-19H,2,8-9H2,1H3. The number of benzene rings is 2. The zero-order valence-corrected chi connectivity index (χ0v) is 15.4. The molecule has 0 aliphatic heterocycles. The molecule has 0 heterocycles. The highest BCUT2D eigenvalue weighted by atomic mass is 32.2. The number of aryl methyl sites for hydroxylation is 1. The van der Waals surface area contributed by atoms with Crippen molar-refractivity contribution >= 4 is 25.7 Å². The van der Waals surface area contributed by atoms with Crippen LogP contribution < -0.4 is 9.44 Å². The van der Waals surface area contributed by atoms with Gasteiger partial charge in [0.15, 0.2) is 0 Å². The van der Waals surface area contributed by atoms with Gasteiger partial charge in [-0.3, -0.25) is 4.72 Å². The van der Waals surface area contributed by atoms with Crippen LogP contribution in [-0.2, 0) is 26.5 Å². The van der Waals surface area contributed by atoms with Gasteiger partial charge < -0.3 is 0 Å². The molecule has 1 aliphatic rings. The molecule has 2 aromatic rings. The minimum atomic E-state index is -3.78. The maximum absolute atomic E-state index is 12.5. The summed E-state index contributed by atoms with van der Waals surface area (Å²) in [6.07, 6.45) is 2.49. The molecule has 1 aliphatic carbocycles. The van der Waals surface area contributed by atoms with Crippen LogP contribution in [0.4, 0.5) is 5.69 Å². The van der Waals surface area contributed by atoms with Crippen LogP contribution in [0.5, 0.6) is 0 Å². The average Bonchev–Trinajstić information content (AvgIpc) is 3.38. The van der Waals surface area contributed by atoms with Crippen molar-refractivity contribution in [3.05, 3.63) is 54.1 Å². The smallest absolute Gasteiger partial charge is 0.261 e. The average molecular weight is 380 g/mol. The molecule has 134 valence electrons. The second kappa shape index (κ2) is 6.78. The van der Waals surface area contributed by atoms with Crippen molar-refractivity contribution in [1.82, 2.24) is 4.72 Å². The molecule has 3 rings (SSSR count). The summed E-state index contributed by atoms with van der Waals surface area (Å²) in [4.78, 5) is 0.176. The van der Waals surface area contributed by atoms with Crippen molar-refractivity contribution in [2.45, 2.75) is 42.0 Å². The van der Waals surface area contributed by atoms with Crippen molar-refractivity contribution in [1.29, 1.82) is 0 Å². The lowest BCUT2D eigenvalue weighted by Gasteiger charge is -2.11. The second-order valence-corrected chi connectivity index (χ2v) is 9.42. The Bertz CT molecular complexity index is 964. The summed E-state index contributed by atoms with van der Waals surface area (Å²) in [5.41, 5.74) is 1.25. The van der Waals surface area contributed by atoms with E-state index in [1.807, 2.05) is 6.92 Å². The third-order valence-corrected chi connectivity index (χ3v) is 6.85. The normalized spacial score (nSPS) is 15.1. The molecule has 0 unspecified atom stereocenters. The van der Waals surface area contributed by atoms with Crippen LogP contribution in [0.25, 0.3) is 0 Å². The van der Waals surface area contributed by atoms with Crippen molar-refractivity contribution < 1.29 is 16.8 Å². The Morgan fingerprint density at radius 3 is 2.20 bits per heavy atom. The lowest BCUT2D eigenvalue weighted by Crippen LogP contribution is -2.25. The van der Waals surface area contributed by atoms with Gasteiger partial charge in [-0.15, -0.1) is 0 Å². The van der Waals surface area contributed by atoms with E-state index in [9.17, 15) is 16.8 Å². The van der Waals surface area contributed by atoms with Crippen LogP contribution in [-0.4, -0.2) is 22.9 Å². The molecule has 6 nitrogen and oxygen atoms in total. The number of anilines is 1. The molecule has 0 bridgehead atoms. The fourth-order valence-corrected chi connectivity index (χ4v) is 4.73. The van der Waals surface area contributed by atoms with Crippen LogP contribution >= 0.6 is 0 Å². The summed E-state index contributed by atoms with van der Waals surface area (Å²) < 4.78 is 54.5. The molecule has 25 heavy (non-hydrogen) atoms. The van der Waals surface area contributed by atoms with Gasteiger partial charge in [-0.1, -0.05) is 25.1 Å². The van der Waals surface area contributed by atoms with Crippen molar-refractivity contribution in [3.8, 4) is 0 Å². The summed E-state index contributed by atoms with van der Waals surface area (Å²) in [5, 5.41) is 0. The molecule has 0 aromatic heterocycles. The van der Waals surface area contributed by atoms with Crippen molar-refractivity contribution in [3.63, 3.8) is 0 Å². The van der Waals surface area contributed by atoms with Crippen LogP contribution in [0.3, 0.4) is 0 Å². The van der Waals surface area contributed by atoms with E-state index in [2.05, 4.69) is 9.44 Å². The van der Waals surface area contributed by atoms with Gasteiger partial charge in [-0.25, -0.2) is 21.6 Å². The summed E-state index contributed by atoms with van der Waals surface area (Å²) in [6.45, 7) is 1.99. The number of hydrogen-bond acceptors (Lipinski definition) is 4. The van der Waals surface area contributed by atoms with E-state index in [4.69, 9.17) is 0 Å². The van der Waals surface area contributed by atoms with Crippen molar-refractivity contribution in [2.24, 2.45) is 0 Å². The van der Waals surface area contributed by atoms with Gasteiger partial charge in [0.2, 0.25) is 10.0 Å². The molecular formula is C17H20N2O4S2. The minimum absolute atomic E-state index is 0.0116. The Kier molecular flexibility index (Phi) is 4.86. The maximum Gasteiger partial charge on any atom is 0.261 e. The molecule has 8 heteroatoms. The van der Waals surface area contributed by atoms with E-state index in [1.54, 1.807) is 12.1 Å². The number of hydrogen-bond donors (Lipinski definition) is 2. The Morgan fingerprint density at radius 1 is 0.920 bits per heavy atom. The lowest BCUT2D eigenvalue weighted by molar-refractivity contribution is 0.581. The molecule has 0 radical (unpaired) electrons. The van der Waals surface area contributed by atoms with Gasteiger partial charge in [0.25, 0.3) is 10.0 Å². The van der Waals surface area contributed by atoms with Gasteiger partial charge in [0, 0.05) is 6.04 Å². The zero-order chi connectivity index (χ0) is 18.1. The van der Waals surface area contributed by atoms with Gasteiger partial charge in [-0.05, 0) is 55.2 Å². The predicted molar refractivity (Wildman–Crippen MR) is 96.4 cm³/mol. The molecule has 0 saturated heterocycles. The monoisotopic (exact) mass is 380 g/mol. The summed E-state index contributed by atoms with van der Waals surface area (Å²) >= 11 is 0. The number of rotatable bonds is 7. The van der Waals surface area contributed by atoms with E-state index in [0.29, 0.717) is 0 Å². The first kappa shape index (κ1) is 17.9. The zero-order valence-electron chi connectivity index (χ0n) is 13.8. The fraction of sp³-hybridized carbons (Fsp3) is 0.294. The van der Waals surface area contributed by atoms with Crippen LogP contribution in [0.1, 0.15) is 25.3 Å². The minimum Gasteiger partial charge on any atom is -0.280 e. The van der Waals surface area contributed by atoms with Gasteiger partial charge in [-0.2, -0.15) is 0 Å². The second-order valence-electron chi connectivity index (χ2n) is 6.03. The first-order valence-electron chi connectivity index (χ1n) is 8.04. The highest BCUT2D eigenvalue weighted by molar-refractivity contribution is 7.92. The molecule has 1 fully saturated rings. The topological polar surface area (TPSA) is 92.3 Å². The molecule has 2 aromatic carbocycles. The Labute approximate surface area is 148 Å². The Balaban J connectivity index is 1.83. The van der Waals surface area contributed by atoms with Gasteiger partial charge >= 0.3 is 0 Å². The maximum atomic E-state index is 12.5. The first-order valence-corrected chi connectivity index (χ1v) is 11.0. The SMILES string of the molecule is CCc1ccc(S(=O)(=O)Nc2cccc(S(=O)(=O)NC3CC3)c2)cc1.